The van der Waals surface area contributed by atoms with Gasteiger partial charge in [0.15, 0.2) is 17.5 Å². The van der Waals surface area contributed by atoms with Crippen LogP contribution in [0.5, 0.6) is 0 Å². The van der Waals surface area contributed by atoms with E-state index in [1.54, 1.807) is 6.07 Å². The van der Waals surface area contributed by atoms with Crippen LogP contribution in [0, 0.1) is 22.7 Å². The minimum Gasteiger partial charge on any atom is -0.309 e. The summed E-state index contributed by atoms with van der Waals surface area (Å²) >= 11 is 0. The Morgan fingerprint density at radius 3 is 1.23 bits per heavy atom. The van der Waals surface area contributed by atoms with Crippen LogP contribution < -0.4 is 0 Å². The van der Waals surface area contributed by atoms with E-state index in [1.807, 2.05) is 97.1 Å². The monoisotopic (exact) mass is 1460 g/mol. The molecular formula is C103H60N12. The van der Waals surface area contributed by atoms with E-state index >= 15 is 0 Å². The smallest absolute Gasteiger partial charge is 0.238 e. The van der Waals surface area contributed by atoms with Crippen molar-refractivity contribution in [1.29, 1.82) is 10.5 Å². The maximum absolute atomic E-state index is 10.4. The van der Waals surface area contributed by atoms with Crippen molar-refractivity contribution >= 4 is 120 Å². The van der Waals surface area contributed by atoms with Gasteiger partial charge in [-0.15, -0.1) is 0 Å². The summed E-state index contributed by atoms with van der Waals surface area (Å²) in [4.78, 5) is 26.0. The largest absolute Gasteiger partial charge is 0.309 e. The first-order valence-corrected chi connectivity index (χ1v) is 38.4. The summed E-state index contributed by atoms with van der Waals surface area (Å²) < 4.78 is 11.7. The van der Waals surface area contributed by atoms with Gasteiger partial charge in [0.2, 0.25) is 5.95 Å². The number of hydrogen-bond donors (Lipinski definition) is 0. The molecule has 12 nitrogen and oxygen atoms in total. The van der Waals surface area contributed by atoms with Crippen LogP contribution in [0.1, 0.15) is 11.1 Å². The third-order valence-corrected chi connectivity index (χ3v) is 23.0. The molecule has 0 saturated heterocycles. The summed E-state index contributed by atoms with van der Waals surface area (Å²) in [5, 5.41) is 32.6. The SMILES string of the molecule is N#Cc1cccc(-c2nc(-c3cccc(-n4c5ccccc5c5cc(-c6ccc7c8ccccc8n(-c8ccc(-c9ccc%10c(c9)c9ccccc9n%10-c9ccc%10c(c9)c9cc(-n%11c%12ccccc%12c%12ccccc%12%11)ccc9n%10-c9nc(-c%10ccccc%10)nc(-c%10ccccc%10C#N)n9)cc8)c7c6)ccc54)c3)nc3ccccc23)c1. The second-order valence-corrected chi connectivity index (χ2v) is 29.4. The van der Waals surface area contributed by atoms with Gasteiger partial charge in [-0.3, -0.25) is 4.57 Å². The Balaban J connectivity index is 0.617. The minimum atomic E-state index is 0.410. The van der Waals surface area contributed by atoms with Gasteiger partial charge in [0, 0.05) is 104 Å². The van der Waals surface area contributed by atoms with Crippen molar-refractivity contribution in [2.24, 2.45) is 0 Å². The van der Waals surface area contributed by atoms with Gasteiger partial charge in [-0.05, 0) is 174 Å². The number of hydrogen-bond acceptors (Lipinski definition) is 7. The average Bonchev–Trinajstić information content (AvgIpc) is 1.57. The molecule has 7 heterocycles. The number of nitrogens with zero attached hydrogens (tertiary/aromatic N) is 12. The maximum Gasteiger partial charge on any atom is 0.238 e. The van der Waals surface area contributed by atoms with E-state index in [4.69, 9.17) is 24.9 Å². The van der Waals surface area contributed by atoms with Gasteiger partial charge < -0.3 is 18.3 Å². The number of rotatable bonds is 11. The number of para-hydroxylation sites is 6. The molecular weight excluding hydrogens is 1410 g/mol. The van der Waals surface area contributed by atoms with E-state index in [0.717, 1.165) is 166 Å². The number of benzene rings is 16. The van der Waals surface area contributed by atoms with Crippen LogP contribution in [-0.2, 0) is 0 Å². The molecule has 0 aliphatic carbocycles. The van der Waals surface area contributed by atoms with Crippen LogP contribution in [0.25, 0.3) is 216 Å². The number of fused-ring (bicyclic) bond motifs is 16. The van der Waals surface area contributed by atoms with Crippen LogP contribution in [-0.4, -0.2) is 47.8 Å². The van der Waals surface area contributed by atoms with E-state index in [-0.39, 0.29) is 0 Å². The van der Waals surface area contributed by atoms with Gasteiger partial charge in [0.1, 0.15) is 0 Å². The second kappa shape index (κ2) is 25.7. The van der Waals surface area contributed by atoms with Crippen molar-refractivity contribution in [2.45, 2.75) is 0 Å². The fraction of sp³-hybridized carbons (Fsp3) is 0. The zero-order valence-corrected chi connectivity index (χ0v) is 61.5. The predicted octanol–water partition coefficient (Wildman–Crippen LogP) is 25.0. The lowest BCUT2D eigenvalue weighted by molar-refractivity contribution is 0.952. The Morgan fingerprint density at radius 2 is 0.626 bits per heavy atom. The second-order valence-electron chi connectivity index (χ2n) is 29.4. The summed E-state index contributed by atoms with van der Waals surface area (Å²) in [6, 6.07) is 133. The van der Waals surface area contributed by atoms with Gasteiger partial charge in [-0.1, -0.05) is 212 Å². The van der Waals surface area contributed by atoms with E-state index < -0.39 is 0 Å². The lowest BCUT2D eigenvalue weighted by atomic mass is 10.0. The Bertz CT molecular complexity index is 8090. The summed E-state index contributed by atoms with van der Waals surface area (Å²) in [5.74, 6) is 1.96. The van der Waals surface area contributed by atoms with Crippen molar-refractivity contribution in [3.05, 3.63) is 375 Å². The first-order valence-electron chi connectivity index (χ1n) is 38.4. The zero-order chi connectivity index (χ0) is 75.9. The van der Waals surface area contributed by atoms with Crippen molar-refractivity contribution in [1.82, 2.24) is 47.8 Å². The standard InChI is InChI=1S/C103H60N12/c104-61-63-20-18-24-69(54-63)99-83-33-6-12-34-88(83)106-101(107-99)70-25-19-26-73(55-70)112-92-38-16-10-32-81(92)85-57-67(44-51-94(85)112)68-42-49-82-79-30-9-13-35-89(79)111(98(82)58-68)72-45-40-64(41-46-72)66-43-50-95-84(56-66)80-31-11-17-39-93(80)114(95)75-48-53-97-87(60-75)86-59-74(113-90-36-14-7-28-77(90)78-29-8-15-37-91(78)113)47-52-96(86)115(97)103-109-100(65-21-2-1-3-22-65)108-102(110-103)76-27-5-4-23-71(76)62-105/h1-60H. The van der Waals surface area contributed by atoms with Gasteiger partial charge in [-0.25, -0.2) is 15.0 Å². The third-order valence-electron chi connectivity index (χ3n) is 23.0. The van der Waals surface area contributed by atoms with Crippen LogP contribution in [0.3, 0.4) is 0 Å². The Kier molecular flexibility index (Phi) is 14.5. The summed E-state index contributed by atoms with van der Waals surface area (Å²) in [6.07, 6.45) is 0. The van der Waals surface area contributed by atoms with Crippen LogP contribution in [0.15, 0.2) is 364 Å². The van der Waals surface area contributed by atoms with Gasteiger partial charge in [0.05, 0.1) is 89.6 Å². The number of nitriles is 2. The van der Waals surface area contributed by atoms with E-state index in [2.05, 4.69) is 296 Å². The summed E-state index contributed by atoms with van der Waals surface area (Å²) in [6.45, 7) is 0. The van der Waals surface area contributed by atoms with Gasteiger partial charge in [-0.2, -0.15) is 20.5 Å². The lowest BCUT2D eigenvalue weighted by Crippen LogP contribution is -2.07. The molecule has 0 spiro atoms. The fourth-order valence-electron chi connectivity index (χ4n) is 17.8. The predicted molar refractivity (Wildman–Crippen MR) is 467 cm³/mol. The molecule has 0 radical (unpaired) electrons. The number of aromatic nitrogens is 10. The quantitative estimate of drug-likeness (QED) is 0.126. The molecule has 16 aromatic carbocycles. The molecule has 0 aliphatic rings. The highest BCUT2D eigenvalue weighted by Crippen LogP contribution is 2.44. The highest BCUT2D eigenvalue weighted by molar-refractivity contribution is 6.16. The molecule has 0 N–H and O–H groups in total. The fourth-order valence-corrected chi connectivity index (χ4v) is 17.8. The van der Waals surface area contributed by atoms with Crippen molar-refractivity contribution < 1.29 is 0 Å². The molecule has 0 atom stereocenters. The molecule has 12 heteroatoms. The average molecular weight is 1470 g/mol. The molecule has 23 rings (SSSR count). The van der Waals surface area contributed by atoms with Crippen LogP contribution >= 0.6 is 0 Å². The molecule has 0 fully saturated rings. The lowest BCUT2D eigenvalue weighted by Gasteiger charge is -2.12. The Labute approximate surface area is 657 Å². The van der Waals surface area contributed by atoms with E-state index in [1.165, 1.54) is 21.5 Å². The molecule has 532 valence electrons. The van der Waals surface area contributed by atoms with Crippen LogP contribution in [0.4, 0.5) is 0 Å². The maximum atomic E-state index is 10.4. The van der Waals surface area contributed by atoms with E-state index in [9.17, 15) is 10.5 Å². The Hall–Kier alpha value is -16.2. The third kappa shape index (κ3) is 10.3. The molecule has 0 amide bonds. The zero-order valence-electron chi connectivity index (χ0n) is 61.5. The molecule has 0 saturated carbocycles. The van der Waals surface area contributed by atoms with Crippen molar-refractivity contribution in [2.75, 3.05) is 0 Å². The molecule has 7 aromatic heterocycles. The first-order chi connectivity index (χ1) is 56.9. The Morgan fingerprint density at radius 1 is 0.209 bits per heavy atom. The van der Waals surface area contributed by atoms with Crippen molar-refractivity contribution in [3.63, 3.8) is 0 Å². The van der Waals surface area contributed by atoms with Crippen molar-refractivity contribution in [3.8, 4) is 109 Å². The highest BCUT2D eigenvalue weighted by Gasteiger charge is 2.25. The normalized spacial score (nSPS) is 11.8. The minimum absolute atomic E-state index is 0.410. The topological polar surface area (TPSA) is 137 Å². The highest BCUT2D eigenvalue weighted by atomic mass is 15.2. The van der Waals surface area contributed by atoms with Crippen LogP contribution in [0.2, 0.25) is 0 Å². The molecule has 0 aliphatic heterocycles. The summed E-state index contributed by atoms with van der Waals surface area (Å²) in [5.41, 5.74) is 25.2. The molecule has 0 unspecified atom stereocenters. The van der Waals surface area contributed by atoms with Gasteiger partial charge >= 0.3 is 0 Å². The molecule has 115 heavy (non-hydrogen) atoms. The molecule has 23 aromatic rings. The molecule has 0 bridgehead atoms. The van der Waals surface area contributed by atoms with E-state index in [0.29, 0.717) is 40.1 Å². The first kappa shape index (κ1) is 64.8. The summed E-state index contributed by atoms with van der Waals surface area (Å²) in [7, 11) is 0. The van der Waals surface area contributed by atoms with Gasteiger partial charge in [0.25, 0.3) is 0 Å².